The molecule has 3 N–H and O–H groups in total. The van der Waals surface area contributed by atoms with Gasteiger partial charge >= 0.3 is 16.1 Å². The number of nitrogens with one attached hydrogen (secondary N) is 1. The van der Waals surface area contributed by atoms with Crippen LogP contribution in [0.4, 0.5) is 5.82 Å². The standard InChI is InChI=1S/C13H11N3O5S/c17-13(18)10-6-7-11(14-8-10)15-16-12(22(19,20)21)9-4-2-1-3-5-9/h1-8H,(H,14,15)(H,17,18)(H,19,20,21). The third kappa shape index (κ3) is 3.87. The van der Waals surface area contributed by atoms with Gasteiger partial charge in [-0.2, -0.15) is 13.5 Å². The van der Waals surface area contributed by atoms with E-state index in [9.17, 15) is 17.8 Å². The second kappa shape index (κ2) is 6.33. The molecule has 0 unspecified atom stereocenters. The van der Waals surface area contributed by atoms with Crippen LogP contribution in [0.1, 0.15) is 15.9 Å². The first-order chi connectivity index (χ1) is 10.4. The molecule has 0 aliphatic heterocycles. The molecule has 9 heteroatoms. The van der Waals surface area contributed by atoms with Gasteiger partial charge in [0.25, 0.3) is 0 Å². The van der Waals surface area contributed by atoms with Crippen LogP contribution in [-0.4, -0.2) is 34.1 Å². The predicted octanol–water partition coefficient (Wildman–Crippen LogP) is 1.44. The van der Waals surface area contributed by atoms with Crippen LogP contribution in [0.3, 0.4) is 0 Å². The molecule has 1 aromatic carbocycles. The first-order valence-electron chi connectivity index (χ1n) is 5.94. The zero-order chi connectivity index (χ0) is 16.2. The van der Waals surface area contributed by atoms with Crippen molar-refractivity contribution in [2.75, 3.05) is 5.43 Å². The van der Waals surface area contributed by atoms with Crippen molar-refractivity contribution in [2.45, 2.75) is 0 Å². The number of hydrazone groups is 1. The second-order valence-corrected chi connectivity index (χ2v) is 5.44. The molecule has 0 fully saturated rings. The van der Waals surface area contributed by atoms with E-state index in [2.05, 4.69) is 15.5 Å². The molecule has 114 valence electrons. The molecule has 1 aromatic heterocycles. The summed E-state index contributed by atoms with van der Waals surface area (Å²) in [6.45, 7) is 0. The summed E-state index contributed by atoms with van der Waals surface area (Å²) in [6, 6.07) is 10.4. The average Bonchev–Trinajstić information content (AvgIpc) is 2.47. The minimum absolute atomic E-state index is 0.0207. The topological polar surface area (TPSA) is 129 Å². The van der Waals surface area contributed by atoms with Gasteiger partial charge in [0.15, 0.2) is 0 Å². The lowest BCUT2D eigenvalue weighted by Crippen LogP contribution is -2.17. The number of carbonyl (C=O) groups is 1. The molecule has 2 rings (SSSR count). The highest BCUT2D eigenvalue weighted by molar-refractivity contribution is 8.02. The van der Waals surface area contributed by atoms with Gasteiger partial charge in [-0.05, 0) is 12.1 Å². The second-order valence-electron chi connectivity index (χ2n) is 4.11. The number of hydrogen-bond acceptors (Lipinski definition) is 6. The largest absolute Gasteiger partial charge is 0.478 e. The fraction of sp³-hybridized carbons (Fsp3) is 0. The van der Waals surface area contributed by atoms with Crippen molar-refractivity contribution in [3.8, 4) is 0 Å². The summed E-state index contributed by atoms with van der Waals surface area (Å²) < 4.78 is 32.0. The lowest BCUT2D eigenvalue weighted by Gasteiger charge is -2.05. The number of benzene rings is 1. The number of aromatic nitrogens is 1. The van der Waals surface area contributed by atoms with Crippen molar-refractivity contribution in [1.29, 1.82) is 0 Å². The summed E-state index contributed by atoms with van der Waals surface area (Å²) >= 11 is 0. The molecule has 0 aliphatic rings. The van der Waals surface area contributed by atoms with Crippen LogP contribution < -0.4 is 5.43 Å². The van der Waals surface area contributed by atoms with E-state index >= 15 is 0 Å². The highest BCUT2D eigenvalue weighted by Gasteiger charge is 2.18. The van der Waals surface area contributed by atoms with E-state index in [0.717, 1.165) is 6.20 Å². The average molecular weight is 321 g/mol. The van der Waals surface area contributed by atoms with Crippen molar-refractivity contribution in [3.63, 3.8) is 0 Å². The van der Waals surface area contributed by atoms with Crippen molar-refractivity contribution in [2.24, 2.45) is 5.10 Å². The molecule has 0 saturated carbocycles. The Labute approximate surface area is 125 Å². The van der Waals surface area contributed by atoms with Crippen LogP contribution >= 0.6 is 0 Å². The highest BCUT2D eigenvalue weighted by atomic mass is 32.2. The summed E-state index contributed by atoms with van der Waals surface area (Å²) in [7, 11) is -4.54. The highest BCUT2D eigenvalue weighted by Crippen LogP contribution is 2.09. The van der Waals surface area contributed by atoms with E-state index in [-0.39, 0.29) is 16.9 Å². The fourth-order valence-corrected chi connectivity index (χ4v) is 2.14. The number of aromatic carboxylic acids is 1. The Bertz CT molecular complexity index is 801. The molecule has 0 aliphatic carbocycles. The Morgan fingerprint density at radius 2 is 1.77 bits per heavy atom. The van der Waals surface area contributed by atoms with Gasteiger partial charge in [-0.25, -0.2) is 9.78 Å². The normalized spacial score (nSPS) is 12.0. The molecule has 0 saturated heterocycles. The smallest absolute Gasteiger partial charge is 0.337 e. The Morgan fingerprint density at radius 3 is 2.27 bits per heavy atom. The Morgan fingerprint density at radius 1 is 1.09 bits per heavy atom. The Balaban J connectivity index is 2.30. The SMILES string of the molecule is O=C(O)c1ccc(NN=C(c2ccccc2)S(=O)(=O)O)nc1. The summed E-state index contributed by atoms with van der Waals surface area (Å²) in [5.74, 6) is -1.01. The van der Waals surface area contributed by atoms with E-state index in [1.807, 2.05) is 0 Å². The van der Waals surface area contributed by atoms with E-state index in [4.69, 9.17) is 5.11 Å². The van der Waals surface area contributed by atoms with Crippen molar-refractivity contribution in [3.05, 3.63) is 59.8 Å². The van der Waals surface area contributed by atoms with Gasteiger partial charge in [-0.1, -0.05) is 30.3 Å². The van der Waals surface area contributed by atoms with E-state index in [0.29, 0.717) is 0 Å². The third-order valence-electron chi connectivity index (χ3n) is 2.55. The Hall–Kier alpha value is -2.78. The van der Waals surface area contributed by atoms with Crippen LogP contribution in [0.15, 0.2) is 53.8 Å². The van der Waals surface area contributed by atoms with Gasteiger partial charge in [-0.15, -0.1) is 0 Å². The predicted molar refractivity (Wildman–Crippen MR) is 79.3 cm³/mol. The maximum absolute atomic E-state index is 11.4. The molecule has 0 spiro atoms. The van der Waals surface area contributed by atoms with Crippen LogP contribution in [0, 0.1) is 0 Å². The molecule has 0 bridgehead atoms. The van der Waals surface area contributed by atoms with Crippen LogP contribution in [0.5, 0.6) is 0 Å². The molecule has 22 heavy (non-hydrogen) atoms. The Kier molecular flexibility index (Phi) is 4.49. The summed E-state index contributed by atoms with van der Waals surface area (Å²) in [5.41, 5.74) is 2.53. The quantitative estimate of drug-likeness (QED) is 0.336. The molecule has 1 heterocycles. The zero-order valence-corrected chi connectivity index (χ0v) is 11.9. The van der Waals surface area contributed by atoms with Gasteiger partial charge < -0.3 is 5.11 Å². The van der Waals surface area contributed by atoms with E-state index < -0.39 is 21.1 Å². The molecule has 0 amide bonds. The number of carboxylic acid groups (broad SMARTS) is 1. The molecule has 0 atom stereocenters. The van der Waals surface area contributed by atoms with Gasteiger partial charge in [0.05, 0.1) is 5.56 Å². The summed E-state index contributed by atoms with van der Waals surface area (Å²) in [6.07, 6.45) is 1.09. The maximum Gasteiger partial charge on any atom is 0.337 e. The molecule has 8 nitrogen and oxygen atoms in total. The third-order valence-corrected chi connectivity index (χ3v) is 3.36. The van der Waals surface area contributed by atoms with Gasteiger partial charge in [-0.3, -0.25) is 9.98 Å². The number of rotatable bonds is 4. The van der Waals surface area contributed by atoms with Crippen molar-refractivity contribution >= 4 is 26.9 Å². The zero-order valence-electron chi connectivity index (χ0n) is 11.0. The number of carboxylic acids is 1. The lowest BCUT2D eigenvalue weighted by atomic mass is 10.2. The van der Waals surface area contributed by atoms with Crippen molar-refractivity contribution in [1.82, 2.24) is 4.98 Å². The molecule has 2 aromatic rings. The maximum atomic E-state index is 11.4. The first kappa shape index (κ1) is 15.6. The monoisotopic (exact) mass is 321 g/mol. The summed E-state index contributed by atoms with van der Waals surface area (Å²) in [5, 5.41) is 11.8. The number of anilines is 1. The lowest BCUT2D eigenvalue weighted by molar-refractivity contribution is 0.0696. The minimum atomic E-state index is -4.54. The van der Waals surface area contributed by atoms with Crippen LogP contribution in [0.25, 0.3) is 0 Å². The number of hydrogen-bond donors (Lipinski definition) is 3. The number of nitrogens with zero attached hydrogens (tertiary/aromatic N) is 2. The fourth-order valence-electron chi connectivity index (χ4n) is 1.55. The van der Waals surface area contributed by atoms with E-state index in [1.165, 1.54) is 24.3 Å². The minimum Gasteiger partial charge on any atom is -0.478 e. The number of pyridine rings is 1. The van der Waals surface area contributed by atoms with E-state index in [1.54, 1.807) is 18.2 Å². The van der Waals surface area contributed by atoms with Gasteiger partial charge in [0.1, 0.15) is 5.82 Å². The molecular formula is C13H11N3O5S. The summed E-state index contributed by atoms with van der Waals surface area (Å²) in [4.78, 5) is 14.5. The van der Waals surface area contributed by atoms with Gasteiger partial charge in [0, 0.05) is 11.8 Å². The van der Waals surface area contributed by atoms with Gasteiger partial charge in [0.2, 0.25) is 5.04 Å². The first-order valence-corrected chi connectivity index (χ1v) is 7.38. The van der Waals surface area contributed by atoms with Crippen LogP contribution in [0.2, 0.25) is 0 Å². The molecular weight excluding hydrogens is 310 g/mol. The van der Waals surface area contributed by atoms with Crippen LogP contribution in [-0.2, 0) is 10.1 Å². The molecule has 0 radical (unpaired) electrons. The van der Waals surface area contributed by atoms with Crippen molar-refractivity contribution < 1.29 is 22.9 Å².